The van der Waals surface area contributed by atoms with Crippen molar-refractivity contribution in [1.82, 2.24) is 4.98 Å². The molecule has 0 bridgehead atoms. The number of aromatic nitrogens is 1. The van der Waals surface area contributed by atoms with Crippen LogP contribution in [-0.4, -0.2) is 22.0 Å². The Balaban J connectivity index is 1.36. The Kier molecular flexibility index (Phi) is 5.99. The van der Waals surface area contributed by atoms with Crippen LogP contribution in [0.25, 0.3) is 33.5 Å². The van der Waals surface area contributed by atoms with Crippen LogP contribution < -0.4 is 5.32 Å². The topological polar surface area (TPSA) is 92.4 Å². The molecule has 0 fully saturated rings. The number of carboxylic acids is 1. The number of benzene rings is 3. The van der Waals surface area contributed by atoms with Crippen LogP contribution in [0.2, 0.25) is 10.0 Å². The predicted octanol–water partition coefficient (Wildman–Crippen LogP) is 7.42. The molecule has 2 N–H and O–H groups in total. The van der Waals surface area contributed by atoms with Gasteiger partial charge in [-0.2, -0.15) is 0 Å². The van der Waals surface area contributed by atoms with Gasteiger partial charge in [-0.05, 0) is 54.6 Å². The molecule has 0 unspecified atom stereocenters. The summed E-state index contributed by atoms with van der Waals surface area (Å²) in [5, 5.41) is 13.9. The van der Waals surface area contributed by atoms with Crippen molar-refractivity contribution in [2.24, 2.45) is 0 Å². The first-order chi connectivity index (χ1) is 16.9. The highest BCUT2D eigenvalue weighted by atomic mass is 35.5. The molecular weight excluding hydrogens is 487 g/mol. The Morgan fingerprint density at radius 1 is 0.886 bits per heavy atom. The lowest BCUT2D eigenvalue weighted by molar-refractivity contribution is 0.0698. The summed E-state index contributed by atoms with van der Waals surface area (Å²) in [7, 11) is 0. The van der Waals surface area contributed by atoms with Gasteiger partial charge in [0.2, 0.25) is 0 Å². The molecule has 5 rings (SSSR count). The van der Waals surface area contributed by atoms with E-state index in [0.717, 1.165) is 0 Å². The average molecular weight is 503 g/mol. The zero-order valence-corrected chi connectivity index (χ0v) is 19.5. The standard InChI is InChI=1S/C27H16Cl2N2O4/c28-16-7-10-19(21(29)13-16)24-11-12-25(35-24)26(32)30-17-8-5-15(6-9-17)23-14-20(27(33)34)18-3-1-2-4-22(18)31-23/h1-14H,(H,30,32)(H,33,34). The first kappa shape index (κ1) is 22.7. The minimum atomic E-state index is -1.02. The van der Waals surface area contributed by atoms with Gasteiger partial charge in [0.05, 0.1) is 21.8 Å². The fourth-order valence-corrected chi connectivity index (χ4v) is 4.21. The van der Waals surface area contributed by atoms with E-state index in [4.69, 9.17) is 27.6 Å². The van der Waals surface area contributed by atoms with Crippen LogP contribution in [0.1, 0.15) is 20.9 Å². The number of furan rings is 1. The Morgan fingerprint density at radius 3 is 2.40 bits per heavy atom. The van der Waals surface area contributed by atoms with Gasteiger partial charge in [-0.25, -0.2) is 9.78 Å². The van der Waals surface area contributed by atoms with Crippen molar-refractivity contribution in [2.45, 2.75) is 0 Å². The number of para-hydroxylation sites is 1. The molecule has 2 aromatic heterocycles. The van der Waals surface area contributed by atoms with Crippen molar-refractivity contribution < 1.29 is 19.1 Å². The molecule has 1 amide bonds. The Hall–Kier alpha value is -4.13. The number of aromatic carboxylic acids is 1. The highest BCUT2D eigenvalue weighted by Gasteiger charge is 2.16. The normalized spacial score (nSPS) is 10.9. The molecule has 6 nitrogen and oxygen atoms in total. The second-order valence-corrected chi connectivity index (χ2v) is 8.54. The minimum Gasteiger partial charge on any atom is -0.478 e. The van der Waals surface area contributed by atoms with E-state index < -0.39 is 11.9 Å². The average Bonchev–Trinajstić information content (AvgIpc) is 3.34. The summed E-state index contributed by atoms with van der Waals surface area (Å²) >= 11 is 12.2. The summed E-state index contributed by atoms with van der Waals surface area (Å²) in [6.07, 6.45) is 0. The number of amides is 1. The van der Waals surface area contributed by atoms with Crippen LogP contribution in [0.5, 0.6) is 0 Å². The van der Waals surface area contributed by atoms with E-state index in [-0.39, 0.29) is 11.3 Å². The van der Waals surface area contributed by atoms with Gasteiger partial charge in [0.1, 0.15) is 5.76 Å². The molecule has 0 aliphatic rings. The lowest BCUT2D eigenvalue weighted by Crippen LogP contribution is -2.10. The monoisotopic (exact) mass is 502 g/mol. The first-order valence-electron chi connectivity index (χ1n) is 10.5. The number of hydrogen-bond donors (Lipinski definition) is 2. The van der Waals surface area contributed by atoms with Gasteiger partial charge < -0.3 is 14.8 Å². The van der Waals surface area contributed by atoms with Crippen molar-refractivity contribution in [3.63, 3.8) is 0 Å². The molecule has 0 saturated carbocycles. The number of hydrogen-bond acceptors (Lipinski definition) is 4. The van der Waals surface area contributed by atoms with E-state index in [1.165, 1.54) is 0 Å². The van der Waals surface area contributed by atoms with Gasteiger partial charge in [-0.15, -0.1) is 0 Å². The largest absolute Gasteiger partial charge is 0.478 e. The van der Waals surface area contributed by atoms with E-state index in [2.05, 4.69) is 10.3 Å². The molecule has 35 heavy (non-hydrogen) atoms. The zero-order valence-electron chi connectivity index (χ0n) is 18.0. The van der Waals surface area contributed by atoms with E-state index >= 15 is 0 Å². The van der Waals surface area contributed by atoms with E-state index in [0.29, 0.717) is 49.2 Å². The van der Waals surface area contributed by atoms with Crippen LogP contribution >= 0.6 is 23.2 Å². The van der Waals surface area contributed by atoms with Crippen LogP contribution in [-0.2, 0) is 0 Å². The van der Waals surface area contributed by atoms with Gasteiger partial charge in [0, 0.05) is 27.2 Å². The van der Waals surface area contributed by atoms with Crippen molar-refractivity contribution >= 4 is 51.7 Å². The van der Waals surface area contributed by atoms with Crippen LogP contribution in [0.3, 0.4) is 0 Å². The van der Waals surface area contributed by atoms with E-state index in [1.54, 1.807) is 78.9 Å². The Morgan fingerprint density at radius 2 is 1.66 bits per heavy atom. The van der Waals surface area contributed by atoms with Crippen molar-refractivity contribution in [3.05, 3.63) is 106 Å². The number of nitrogens with zero attached hydrogens (tertiary/aromatic N) is 1. The summed E-state index contributed by atoms with van der Waals surface area (Å²) in [6, 6.07) is 23.8. The smallest absolute Gasteiger partial charge is 0.336 e. The first-order valence-corrected chi connectivity index (χ1v) is 11.2. The van der Waals surface area contributed by atoms with Crippen LogP contribution in [0, 0.1) is 0 Å². The predicted molar refractivity (Wildman–Crippen MR) is 136 cm³/mol. The SMILES string of the molecule is O=C(Nc1ccc(-c2cc(C(=O)O)c3ccccc3n2)cc1)c1ccc(-c2ccc(Cl)cc2Cl)o1. The highest BCUT2D eigenvalue weighted by molar-refractivity contribution is 6.36. The van der Waals surface area contributed by atoms with Crippen molar-refractivity contribution in [2.75, 3.05) is 5.32 Å². The molecule has 0 aliphatic heterocycles. The number of halogens is 2. The number of pyridine rings is 1. The maximum atomic E-state index is 12.7. The van der Waals surface area contributed by atoms with Crippen molar-refractivity contribution in [1.29, 1.82) is 0 Å². The van der Waals surface area contributed by atoms with Gasteiger partial charge in [-0.3, -0.25) is 4.79 Å². The van der Waals surface area contributed by atoms with Crippen LogP contribution in [0.4, 0.5) is 5.69 Å². The van der Waals surface area contributed by atoms with Crippen molar-refractivity contribution in [3.8, 4) is 22.6 Å². The second-order valence-electron chi connectivity index (χ2n) is 7.70. The summed E-state index contributed by atoms with van der Waals surface area (Å²) < 4.78 is 5.69. The number of carbonyl (C=O) groups is 2. The molecule has 0 saturated heterocycles. The number of nitrogens with one attached hydrogen (secondary N) is 1. The summed E-state index contributed by atoms with van der Waals surface area (Å²) in [5.74, 6) is -0.876. The fourth-order valence-electron chi connectivity index (χ4n) is 3.71. The number of carbonyl (C=O) groups excluding carboxylic acids is 1. The number of anilines is 1. The number of rotatable bonds is 5. The lowest BCUT2D eigenvalue weighted by Gasteiger charge is -2.08. The van der Waals surface area contributed by atoms with Crippen LogP contribution in [0.15, 0.2) is 89.3 Å². The third kappa shape index (κ3) is 4.62. The molecular formula is C27H16Cl2N2O4. The zero-order chi connectivity index (χ0) is 24.5. The number of carboxylic acid groups (broad SMARTS) is 1. The van der Waals surface area contributed by atoms with Gasteiger partial charge in [-0.1, -0.05) is 53.5 Å². The molecule has 5 aromatic rings. The molecule has 0 radical (unpaired) electrons. The maximum absolute atomic E-state index is 12.7. The molecule has 172 valence electrons. The molecule has 0 spiro atoms. The second kappa shape index (κ2) is 9.25. The lowest BCUT2D eigenvalue weighted by atomic mass is 10.0. The van der Waals surface area contributed by atoms with E-state index in [9.17, 15) is 14.7 Å². The summed E-state index contributed by atoms with van der Waals surface area (Å²) in [5.41, 5.74) is 3.18. The Bertz CT molecular complexity index is 1590. The minimum absolute atomic E-state index is 0.123. The fraction of sp³-hybridized carbons (Fsp3) is 0. The Labute approximate surface area is 209 Å². The van der Waals surface area contributed by atoms with Gasteiger partial charge >= 0.3 is 5.97 Å². The maximum Gasteiger partial charge on any atom is 0.336 e. The molecule has 2 heterocycles. The molecule has 0 atom stereocenters. The number of fused-ring (bicyclic) bond motifs is 1. The third-order valence-corrected chi connectivity index (χ3v) is 5.96. The summed E-state index contributed by atoms with van der Waals surface area (Å²) in [6.45, 7) is 0. The molecule has 8 heteroatoms. The summed E-state index contributed by atoms with van der Waals surface area (Å²) in [4.78, 5) is 29.0. The highest BCUT2D eigenvalue weighted by Crippen LogP contribution is 2.32. The molecule has 0 aliphatic carbocycles. The van der Waals surface area contributed by atoms with Gasteiger partial charge in [0.25, 0.3) is 5.91 Å². The van der Waals surface area contributed by atoms with Gasteiger partial charge in [0.15, 0.2) is 5.76 Å². The quantitative estimate of drug-likeness (QED) is 0.260. The van der Waals surface area contributed by atoms with E-state index in [1.807, 2.05) is 6.07 Å². The molecule has 3 aromatic carbocycles. The third-order valence-electron chi connectivity index (χ3n) is 5.41.